The number of aromatic nitrogens is 3. The van der Waals surface area contributed by atoms with Crippen LogP contribution in [0.3, 0.4) is 0 Å². The molecule has 1 aromatic heterocycles. The highest BCUT2D eigenvalue weighted by atomic mass is 79.9. The van der Waals surface area contributed by atoms with E-state index in [1.807, 2.05) is 24.3 Å². The Bertz CT molecular complexity index is 1290. The molecule has 0 saturated heterocycles. The Morgan fingerprint density at radius 2 is 1.61 bits per heavy atom. The number of amides is 1. The molecule has 0 bridgehead atoms. The van der Waals surface area contributed by atoms with Crippen molar-refractivity contribution in [3.63, 3.8) is 0 Å². The number of rotatable bonds is 4. The smallest absolute Gasteiger partial charge is 0.295 e. The van der Waals surface area contributed by atoms with Crippen molar-refractivity contribution in [3.8, 4) is 17.1 Å². The highest BCUT2D eigenvalue weighted by Gasteiger charge is 2.20. The molecule has 5 nitrogen and oxygen atoms in total. The summed E-state index contributed by atoms with van der Waals surface area (Å²) in [5.41, 5.74) is 1.75. The average molecular weight is 557 g/mol. The minimum absolute atomic E-state index is 0.0463. The summed E-state index contributed by atoms with van der Waals surface area (Å²) in [5.74, 6) is -0.116. The van der Waals surface area contributed by atoms with Gasteiger partial charge in [-0.05, 0) is 48.5 Å². The minimum atomic E-state index is -0.526. The summed E-state index contributed by atoms with van der Waals surface area (Å²) in [6.45, 7) is 0. The van der Waals surface area contributed by atoms with Crippen LogP contribution in [0.25, 0.3) is 17.1 Å². The fraction of sp³-hybridized carbons (Fsp3) is 0. The molecule has 31 heavy (non-hydrogen) atoms. The lowest BCUT2D eigenvalue weighted by Gasteiger charge is -2.07. The average Bonchev–Trinajstić information content (AvgIpc) is 3.18. The lowest BCUT2D eigenvalue weighted by molar-refractivity contribution is 0.101. The van der Waals surface area contributed by atoms with Crippen molar-refractivity contribution in [1.29, 1.82) is 0 Å². The van der Waals surface area contributed by atoms with E-state index in [1.54, 1.807) is 30.3 Å². The molecule has 4 rings (SSSR count). The van der Waals surface area contributed by atoms with Gasteiger partial charge in [0.1, 0.15) is 0 Å². The van der Waals surface area contributed by atoms with Crippen molar-refractivity contribution in [3.05, 3.63) is 91.1 Å². The predicted molar refractivity (Wildman–Crippen MR) is 129 cm³/mol. The molecule has 1 N–H and O–H groups in total. The third-order valence-electron chi connectivity index (χ3n) is 4.24. The Hall–Kier alpha value is -2.09. The van der Waals surface area contributed by atoms with Gasteiger partial charge in [0.05, 0.1) is 26.4 Å². The molecule has 0 spiro atoms. The Labute approximate surface area is 206 Å². The van der Waals surface area contributed by atoms with E-state index < -0.39 is 5.91 Å². The zero-order valence-electron chi connectivity index (χ0n) is 15.4. The third kappa shape index (κ3) is 4.89. The van der Waals surface area contributed by atoms with E-state index >= 15 is 0 Å². The standard InChI is InChI=1S/C21H11BrCl4N4O/c22-12-3-1-11(2-4-12)20-28-19(21(31)27-18-8-5-13(23)9-17(18)26)29-30(20)14-6-7-15(24)16(25)10-14/h1-10H,(H,27,31). The van der Waals surface area contributed by atoms with Gasteiger partial charge in [-0.25, -0.2) is 9.67 Å². The second-order valence-corrected chi connectivity index (χ2v) is 8.93. The van der Waals surface area contributed by atoms with Gasteiger partial charge in [-0.2, -0.15) is 0 Å². The predicted octanol–water partition coefficient (Wildman–Crippen LogP) is 7.56. The number of carbonyl (C=O) groups excluding carboxylic acids is 1. The molecule has 0 saturated carbocycles. The summed E-state index contributed by atoms with van der Waals surface area (Å²) in [5, 5.41) is 8.64. The molecule has 0 atom stereocenters. The number of halogens is 5. The first kappa shape index (κ1) is 22.1. The quantitative estimate of drug-likeness (QED) is 0.282. The first-order chi connectivity index (χ1) is 14.8. The first-order valence-electron chi connectivity index (χ1n) is 8.76. The molecule has 0 aliphatic rings. The van der Waals surface area contributed by atoms with E-state index in [1.165, 1.54) is 10.7 Å². The summed E-state index contributed by atoms with van der Waals surface area (Å²) in [6.07, 6.45) is 0. The van der Waals surface area contributed by atoms with Gasteiger partial charge >= 0.3 is 0 Å². The Morgan fingerprint density at radius 1 is 0.871 bits per heavy atom. The number of benzene rings is 3. The summed E-state index contributed by atoms with van der Waals surface area (Å²) in [6, 6.07) is 17.3. The number of anilines is 1. The largest absolute Gasteiger partial charge is 0.318 e. The number of hydrogen-bond donors (Lipinski definition) is 1. The topological polar surface area (TPSA) is 59.8 Å². The molecule has 156 valence electrons. The molecule has 1 heterocycles. The summed E-state index contributed by atoms with van der Waals surface area (Å²) >= 11 is 27.7. The Kier molecular flexibility index (Phi) is 6.55. The van der Waals surface area contributed by atoms with Crippen molar-refractivity contribution in [1.82, 2.24) is 14.8 Å². The fourth-order valence-corrected chi connectivity index (χ4v) is 3.77. The van der Waals surface area contributed by atoms with Crippen molar-refractivity contribution in [2.45, 2.75) is 0 Å². The zero-order chi connectivity index (χ0) is 22.1. The van der Waals surface area contributed by atoms with Gasteiger partial charge in [0.2, 0.25) is 5.82 Å². The van der Waals surface area contributed by atoms with Crippen LogP contribution in [-0.2, 0) is 0 Å². The SMILES string of the molecule is O=C(Nc1ccc(Cl)cc1Cl)c1nc(-c2ccc(Br)cc2)n(-c2ccc(Cl)c(Cl)c2)n1. The normalized spacial score (nSPS) is 10.9. The van der Waals surface area contributed by atoms with Gasteiger partial charge in [-0.1, -0.05) is 74.5 Å². The molecule has 0 aliphatic heterocycles. The molecule has 0 aliphatic carbocycles. The number of hydrogen-bond acceptors (Lipinski definition) is 3. The maximum absolute atomic E-state index is 12.9. The van der Waals surface area contributed by atoms with Gasteiger partial charge in [0.15, 0.2) is 5.82 Å². The van der Waals surface area contributed by atoms with Crippen LogP contribution in [0.4, 0.5) is 5.69 Å². The molecule has 0 fully saturated rings. The molecule has 4 aromatic rings. The summed E-state index contributed by atoms with van der Waals surface area (Å²) in [4.78, 5) is 17.3. The van der Waals surface area contributed by atoms with E-state index in [4.69, 9.17) is 46.4 Å². The zero-order valence-corrected chi connectivity index (χ0v) is 20.0. The first-order valence-corrected chi connectivity index (χ1v) is 11.1. The van der Waals surface area contributed by atoms with Crippen LogP contribution in [0.15, 0.2) is 65.1 Å². The van der Waals surface area contributed by atoms with Crippen LogP contribution in [0.1, 0.15) is 10.6 Å². The third-order valence-corrected chi connectivity index (χ3v) is 6.06. The molecule has 0 radical (unpaired) electrons. The van der Waals surface area contributed by atoms with E-state index in [0.717, 1.165) is 10.0 Å². The maximum atomic E-state index is 12.9. The minimum Gasteiger partial charge on any atom is -0.318 e. The number of nitrogens with zero attached hydrogens (tertiary/aromatic N) is 3. The van der Waals surface area contributed by atoms with Crippen molar-refractivity contribution in [2.24, 2.45) is 0 Å². The Morgan fingerprint density at radius 3 is 2.29 bits per heavy atom. The van der Waals surface area contributed by atoms with Crippen LogP contribution in [0, 0.1) is 0 Å². The van der Waals surface area contributed by atoms with Crippen LogP contribution >= 0.6 is 62.3 Å². The maximum Gasteiger partial charge on any atom is 0.295 e. The van der Waals surface area contributed by atoms with Crippen molar-refractivity contribution in [2.75, 3.05) is 5.32 Å². The number of carbonyl (C=O) groups is 1. The lowest BCUT2D eigenvalue weighted by Crippen LogP contribution is -2.14. The molecule has 10 heteroatoms. The number of nitrogens with one attached hydrogen (secondary N) is 1. The van der Waals surface area contributed by atoms with E-state index in [9.17, 15) is 4.79 Å². The lowest BCUT2D eigenvalue weighted by atomic mass is 10.2. The van der Waals surface area contributed by atoms with Crippen LogP contribution in [-0.4, -0.2) is 20.7 Å². The van der Waals surface area contributed by atoms with Crippen molar-refractivity contribution < 1.29 is 4.79 Å². The van der Waals surface area contributed by atoms with Gasteiger partial charge < -0.3 is 5.32 Å². The second-order valence-electron chi connectivity index (χ2n) is 6.35. The summed E-state index contributed by atoms with van der Waals surface area (Å²) in [7, 11) is 0. The monoisotopic (exact) mass is 554 g/mol. The van der Waals surface area contributed by atoms with Crippen LogP contribution in [0.2, 0.25) is 20.1 Å². The highest BCUT2D eigenvalue weighted by Crippen LogP contribution is 2.29. The molecule has 0 unspecified atom stereocenters. The Balaban J connectivity index is 1.77. The van der Waals surface area contributed by atoms with E-state index in [-0.39, 0.29) is 5.82 Å². The van der Waals surface area contributed by atoms with Crippen LogP contribution < -0.4 is 5.32 Å². The van der Waals surface area contributed by atoms with Crippen molar-refractivity contribution >= 4 is 73.9 Å². The van der Waals surface area contributed by atoms with E-state index in [2.05, 4.69) is 31.3 Å². The van der Waals surface area contributed by atoms with Gasteiger partial charge in [0, 0.05) is 15.1 Å². The van der Waals surface area contributed by atoms with Gasteiger partial charge in [-0.15, -0.1) is 5.10 Å². The fourth-order valence-electron chi connectivity index (χ4n) is 2.76. The molecule has 1 amide bonds. The molecular weight excluding hydrogens is 546 g/mol. The van der Waals surface area contributed by atoms with Crippen LogP contribution in [0.5, 0.6) is 0 Å². The van der Waals surface area contributed by atoms with Gasteiger partial charge in [-0.3, -0.25) is 4.79 Å². The van der Waals surface area contributed by atoms with Gasteiger partial charge in [0.25, 0.3) is 5.91 Å². The second kappa shape index (κ2) is 9.18. The highest BCUT2D eigenvalue weighted by molar-refractivity contribution is 9.10. The summed E-state index contributed by atoms with van der Waals surface area (Å²) < 4.78 is 2.44. The van der Waals surface area contributed by atoms with E-state index in [0.29, 0.717) is 37.3 Å². The molecule has 3 aromatic carbocycles. The molecular formula is C21H11BrCl4N4O.